The van der Waals surface area contributed by atoms with Crippen molar-refractivity contribution in [1.29, 1.82) is 0 Å². The molecule has 0 saturated carbocycles. The number of nitrogens with one attached hydrogen (secondary N) is 1. The number of ether oxygens (including phenoxy) is 2. The quantitative estimate of drug-likeness (QED) is 0.496. The van der Waals surface area contributed by atoms with Crippen LogP contribution in [0.4, 0.5) is 0 Å². The largest absolute Gasteiger partial charge is 0.497 e. The average molecular weight is 419 g/mol. The molecule has 1 heterocycles. The number of hydrogen-bond donors (Lipinski definition) is 1. The normalized spacial score (nSPS) is 11.0. The second-order valence-electron chi connectivity index (χ2n) is 5.03. The first-order valence-electron chi connectivity index (χ1n) is 7.32. The van der Waals surface area contributed by atoms with E-state index < -0.39 is 0 Å². The van der Waals surface area contributed by atoms with Gasteiger partial charge in [0.2, 0.25) is 4.77 Å². The molecule has 0 aliphatic heterocycles. The summed E-state index contributed by atoms with van der Waals surface area (Å²) in [7, 11) is 3.25. The number of nitrogens with zero attached hydrogens (tertiary/aromatic N) is 3. The Morgan fingerprint density at radius 3 is 2.56 bits per heavy atom. The topological polar surface area (TPSA) is 64.4 Å². The first kappa shape index (κ1) is 17.4. The predicted molar refractivity (Wildman–Crippen MR) is 103 cm³/mol. The first-order chi connectivity index (χ1) is 12.1. The summed E-state index contributed by atoms with van der Waals surface area (Å²) in [6.45, 7) is 0. The number of rotatable bonds is 5. The minimum absolute atomic E-state index is 0.412. The zero-order chi connectivity index (χ0) is 17.8. The van der Waals surface area contributed by atoms with E-state index in [1.165, 1.54) is 0 Å². The van der Waals surface area contributed by atoms with E-state index in [0.717, 1.165) is 27.1 Å². The molecule has 0 fully saturated rings. The summed E-state index contributed by atoms with van der Waals surface area (Å²) < 4.78 is 13.2. The maximum Gasteiger partial charge on any atom is 0.216 e. The van der Waals surface area contributed by atoms with E-state index in [2.05, 4.69) is 31.2 Å². The Kier molecular flexibility index (Phi) is 5.30. The average Bonchev–Trinajstić information content (AvgIpc) is 3.00. The van der Waals surface area contributed by atoms with Gasteiger partial charge < -0.3 is 9.47 Å². The van der Waals surface area contributed by atoms with Crippen molar-refractivity contribution in [2.75, 3.05) is 14.2 Å². The molecule has 6 nitrogen and oxygen atoms in total. The fraction of sp³-hybridized carbons (Fsp3) is 0.118. The van der Waals surface area contributed by atoms with E-state index in [-0.39, 0.29) is 0 Å². The SMILES string of the molecule is COc1ccc(-c2n[nH]c(=S)n2/N=C\c2ccc(OC)c(Br)c2)cc1. The van der Waals surface area contributed by atoms with Crippen LogP contribution in [-0.2, 0) is 0 Å². The molecule has 0 unspecified atom stereocenters. The van der Waals surface area contributed by atoms with E-state index in [0.29, 0.717) is 10.6 Å². The van der Waals surface area contributed by atoms with E-state index in [1.807, 2.05) is 42.5 Å². The van der Waals surface area contributed by atoms with Crippen LogP contribution in [0, 0.1) is 4.77 Å². The number of aromatic amines is 1. The third-order valence-corrected chi connectivity index (χ3v) is 4.38. The van der Waals surface area contributed by atoms with Crippen LogP contribution in [0.5, 0.6) is 11.5 Å². The van der Waals surface area contributed by atoms with Crippen molar-refractivity contribution in [3.05, 3.63) is 57.3 Å². The van der Waals surface area contributed by atoms with Crippen LogP contribution in [0.25, 0.3) is 11.4 Å². The van der Waals surface area contributed by atoms with Crippen molar-refractivity contribution >= 4 is 34.4 Å². The Bertz CT molecular complexity index is 964. The number of aromatic nitrogens is 3. The first-order valence-corrected chi connectivity index (χ1v) is 8.52. The van der Waals surface area contributed by atoms with Gasteiger partial charge in [-0.15, -0.1) is 0 Å². The van der Waals surface area contributed by atoms with Gasteiger partial charge >= 0.3 is 0 Å². The van der Waals surface area contributed by atoms with E-state index in [9.17, 15) is 0 Å². The zero-order valence-electron chi connectivity index (χ0n) is 13.6. The lowest BCUT2D eigenvalue weighted by atomic mass is 10.2. The van der Waals surface area contributed by atoms with Crippen LogP contribution in [0.15, 0.2) is 52.0 Å². The number of H-pyrrole nitrogens is 1. The van der Waals surface area contributed by atoms with Gasteiger partial charge in [-0.3, -0.25) is 0 Å². The molecule has 8 heteroatoms. The van der Waals surface area contributed by atoms with Crippen molar-refractivity contribution in [2.24, 2.45) is 5.10 Å². The van der Waals surface area contributed by atoms with E-state index in [4.69, 9.17) is 21.7 Å². The summed E-state index contributed by atoms with van der Waals surface area (Å²) in [5.41, 5.74) is 1.78. The molecule has 0 radical (unpaired) electrons. The van der Waals surface area contributed by atoms with Crippen LogP contribution in [0.3, 0.4) is 0 Å². The molecule has 0 spiro atoms. The molecule has 3 rings (SSSR count). The van der Waals surface area contributed by atoms with Gasteiger partial charge in [-0.05, 0) is 76.2 Å². The predicted octanol–water partition coefficient (Wildman–Crippen LogP) is 4.27. The van der Waals surface area contributed by atoms with Gasteiger partial charge in [0.15, 0.2) is 5.82 Å². The molecule has 0 aliphatic carbocycles. The Labute approximate surface area is 158 Å². The molecule has 2 aromatic carbocycles. The minimum atomic E-state index is 0.412. The molecule has 0 bridgehead atoms. The molecular weight excluding hydrogens is 404 g/mol. The third kappa shape index (κ3) is 3.80. The van der Waals surface area contributed by atoms with Gasteiger partial charge in [0, 0.05) is 5.56 Å². The summed E-state index contributed by atoms with van der Waals surface area (Å²) in [6, 6.07) is 13.2. The Balaban J connectivity index is 1.93. The Morgan fingerprint density at radius 2 is 1.92 bits per heavy atom. The van der Waals surface area contributed by atoms with Crippen molar-refractivity contribution < 1.29 is 9.47 Å². The number of benzene rings is 2. The zero-order valence-corrected chi connectivity index (χ0v) is 16.0. The summed E-state index contributed by atoms with van der Waals surface area (Å²) in [5.74, 6) is 2.16. The molecular formula is C17H15BrN4O2S. The van der Waals surface area contributed by atoms with Crippen LogP contribution >= 0.6 is 28.1 Å². The molecule has 0 atom stereocenters. The molecule has 3 aromatic rings. The van der Waals surface area contributed by atoms with Crippen molar-refractivity contribution in [3.8, 4) is 22.9 Å². The van der Waals surface area contributed by atoms with Gasteiger partial charge in [0.25, 0.3) is 0 Å². The number of halogens is 1. The lowest BCUT2D eigenvalue weighted by Crippen LogP contribution is -1.95. The lowest BCUT2D eigenvalue weighted by Gasteiger charge is -2.04. The summed E-state index contributed by atoms with van der Waals surface area (Å²) in [5, 5.41) is 11.5. The molecule has 128 valence electrons. The Morgan fingerprint density at radius 1 is 1.16 bits per heavy atom. The highest BCUT2D eigenvalue weighted by Crippen LogP contribution is 2.25. The van der Waals surface area contributed by atoms with Gasteiger partial charge in [-0.1, -0.05) is 0 Å². The summed E-state index contributed by atoms with van der Waals surface area (Å²) >= 11 is 8.74. The molecule has 1 aromatic heterocycles. The van der Waals surface area contributed by atoms with Crippen molar-refractivity contribution in [3.63, 3.8) is 0 Å². The van der Waals surface area contributed by atoms with Gasteiger partial charge in [-0.25, -0.2) is 5.10 Å². The maximum absolute atomic E-state index is 5.28. The second kappa shape index (κ2) is 7.62. The molecule has 1 N–H and O–H groups in total. The van der Waals surface area contributed by atoms with Crippen molar-refractivity contribution in [1.82, 2.24) is 14.9 Å². The van der Waals surface area contributed by atoms with E-state index in [1.54, 1.807) is 25.1 Å². The second-order valence-corrected chi connectivity index (χ2v) is 6.27. The molecule has 25 heavy (non-hydrogen) atoms. The van der Waals surface area contributed by atoms with Crippen LogP contribution in [0.1, 0.15) is 5.56 Å². The minimum Gasteiger partial charge on any atom is -0.497 e. The summed E-state index contributed by atoms with van der Waals surface area (Å²) in [6.07, 6.45) is 1.71. The summed E-state index contributed by atoms with van der Waals surface area (Å²) in [4.78, 5) is 0. The smallest absolute Gasteiger partial charge is 0.216 e. The van der Waals surface area contributed by atoms with Gasteiger partial charge in [-0.2, -0.15) is 14.9 Å². The van der Waals surface area contributed by atoms with Gasteiger partial charge in [0.05, 0.1) is 24.9 Å². The van der Waals surface area contributed by atoms with Crippen LogP contribution in [0.2, 0.25) is 0 Å². The lowest BCUT2D eigenvalue weighted by molar-refractivity contribution is 0.412. The third-order valence-electron chi connectivity index (χ3n) is 3.50. The highest BCUT2D eigenvalue weighted by atomic mass is 79.9. The number of methoxy groups -OCH3 is 2. The standard InChI is InChI=1S/C17H15BrN4O2S/c1-23-13-6-4-12(5-7-13)16-20-21-17(25)22(16)19-10-11-3-8-15(24-2)14(18)9-11/h3-10H,1-2H3,(H,21,25)/b19-10-. The number of hydrogen-bond acceptors (Lipinski definition) is 5. The van der Waals surface area contributed by atoms with Crippen LogP contribution < -0.4 is 9.47 Å². The molecule has 0 aliphatic rings. The van der Waals surface area contributed by atoms with Gasteiger partial charge in [0.1, 0.15) is 11.5 Å². The van der Waals surface area contributed by atoms with Crippen LogP contribution in [-0.4, -0.2) is 35.3 Å². The Hall–Kier alpha value is -2.45. The molecule has 0 saturated heterocycles. The maximum atomic E-state index is 5.28. The fourth-order valence-corrected chi connectivity index (χ4v) is 2.95. The molecule has 0 amide bonds. The highest BCUT2D eigenvalue weighted by Gasteiger charge is 2.08. The van der Waals surface area contributed by atoms with Crippen molar-refractivity contribution in [2.45, 2.75) is 0 Å². The monoisotopic (exact) mass is 418 g/mol. The highest BCUT2D eigenvalue weighted by molar-refractivity contribution is 9.10. The van der Waals surface area contributed by atoms with E-state index >= 15 is 0 Å². The fourth-order valence-electron chi connectivity index (χ4n) is 2.21.